The van der Waals surface area contributed by atoms with Gasteiger partial charge < -0.3 is 10.2 Å². The third kappa shape index (κ3) is 5.49. The molecule has 1 heterocycles. The molecule has 1 N–H and O–H groups in total. The van der Waals surface area contributed by atoms with Gasteiger partial charge in [0.25, 0.3) is 0 Å². The van der Waals surface area contributed by atoms with Gasteiger partial charge in [-0.2, -0.15) is 15.0 Å². The zero-order valence-corrected chi connectivity index (χ0v) is 13.9. The lowest BCUT2D eigenvalue weighted by Gasteiger charge is -2.19. The van der Waals surface area contributed by atoms with Crippen LogP contribution >= 0.6 is 11.8 Å². The fraction of sp³-hybridized carbons (Fsp3) is 0.727. The minimum Gasteiger partial charge on any atom is -0.357 e. The Kier molecular flexibility index (Phi) is 6.47. The molecule has 0 radical (unpaired) electrons. The number of aromatic nitrogens is 3. The molecule has 0 aromatic carbocycles. The number of sulfone groups is 1. The molecule has 114 valence electrons. The van der Waals surface area contributed by atoms with Gasteiger partial charge in [0.2, 0.25) is 11.9 Å². The van der Waals surface area contributed by atoms with Crippen LogP contribution in [0.4, 0.5) is 11.9 Å². The van der Waals surface area contributed by atoms with Gasteiger partial charge in [0.15, 0.2) is 5.16 Å². The second-order valence-electron chi connectivity index (χ2n) is 4.14. The van der Waals surface area contributed by atoms with Crippen LogP contribution in [0.25, 0.3) is 0 Å². The summed E-state index contributed by atoms with van der Waals surface area (Å²) in [6.45, 7) is 5.67. The Morgan fingerprint density at radius 1 is 1.20 bits per heavy atom. The fourth-order valence-corrected chi connectivity index (χ4v) is 3.48. The summed E-state index contributed by atoms with van der Waals surface area (Å²) in [5, 5.41) is 3.43. The topological polar surface area (TPSA) is 88.1 Å². The maximum atomic E-state index is 11.1. The van der Waals surface area contributed by atoms with Crippen molar-refractivity contribution in [1.82, 2.24) is 15.0 Å². The van der Waals surface area contributed by atoms with Crippen molar-refractivity contribution in [3.8, 4) is 0 Å². The Hall–Kier alpha value is -1.09. The van der Waals surface area contributed by atoms with Crippen LogP contribution in [0.1, 0.15) is 13.8 Å². The molecule has 0 aliphatic rings. The van der Waals surface area contributed by atoms with E-state index in [-0.39, 0.29) is 5.75 Å². The highest BCUT2D eigenvalue weighted by Crippen LogP contribution is 2.18. The normalized spacial score (nSPS) is 11.4. The summed E-state index contributed by atoms with van der Waals surface area (Å²) >= 11 is 1.32. The van der Waals surface area contributed by atoms with E-state index in [4.69, 9.17) is 0 Å². The molecule has 0 atom stereocenters. The summed E-state index contributed by atoms with van der Waals surface area (Å²) in [5.74, 6) is 1.64. The molecule has 20 heavy (non-hydrogen) atoms. The molecular formula is C11H21N5O2S2. The maximum absolute atomic E-state index is 11.1. The Morgan fingerprint density at radius 3 is 2.35 bits per heavy atom. The molecule has 0 aliphatic carbocycles. The summed E-state index contributed by atoms with van der Waals surface area (Å²) in [6.07, 6.45) is 1.22. The Labute approximate surface area is 124 Å². The van der Waals surface area contributed by atoms with E-state index < -0.39 is 9.84 Å². The van der Waals surface area contributed by atoms with Crippen LogP contribution in [-0.2, 0) is 9.84 Å². The van der Waals surface area contributed by atoms with E-state index in [0.717, 1.165) is 13.1 Å². The number of anilines is 2. The zero-order valence-electron chi connectivity index (χ0n) is 12.3. The molecule has 0 saturated carbocycles. The number of rotatable bonds is 8. The summed E-state index contributed by atoms with van der Waals surface area (Å²) in [5.41, 5.74) is 0. The first-order chi connectivity index (χ1) is 9.39. The van der Waals surface area contributed by atoms with Crippen molar-refractivity contribution in [3.05, 3.63) is 0 Å². The molecule has 0 fully saturated rings. The number of thioether (sulfide) groups is 1. The minimum atomic E-state index is -2.96. The Balaban J connectivity index is 2.87. The SMILES string of the molecule is CCN(CC)c1nc(NC)nc(SCCS(C)(=O)=O)n1. The standard InChI is InChI=1S/C11H21N5O2S2/c1-5-16(6-2)10-13-9(12-3)14-11(15-10)19-7-8-20(4,17)18/h5-8H2,1-4H3,(H,12,13,14,15). The van der Waals surface area contributed by atoms with Crippen molar-refractivity contribution in [2.24, 2.45) is 0 Å². The van der Waals surface area contributed by atoms with Crippen LogP contribution in [0.3, 0.4) is 0 Å². The minimum absolute atomic E-state index is 0.110. The highest BCUT2D eigenvalue weighted by molar-refractivity contribution is 8.00. The van der Waals surface area contributed by atoms with Gasteiger partial charge in [0.05, 0.1) is 5.75 Å². The first kappa shape index (κ1) is 17.0. The van der Waals surface area contributed by atoms with E-state index in [1.54, 1.807) is 7.05 Å². The van der Waals surface area contributed by atoms with Crippen molar-refractivity contribution in [2.75, 3.05) is 48.1 Å². The third-order valence-corrected chi connectivity index (χ3v) is 4.61. The van der Waals surface area contributed by atoms with Crippen molar-refractivity contribution >= 4 is 33.5 Å². The van der Waals surface area contributed by atoms with E-state index in [0.29, 0.717) is 22.8 Å². The molecule has 0 aliphatic heterocycles. The molecule has 0 amide bonds. The number of nitrogens with zero attached hydrogens (tertiary/aromatic N) is 4. The zero-order chi connectivity index (χ0) is 15.2. The second kappa shape index (κ2) is 7.63. The van der Waals surface area contributed by atoms with Gasteiger partial charge in [0, 0.05) is 32.1 Å². The number of hydrogen-bond acceptors (Lipinski definition) is 8. The first-order valence-corrected chi connectivity index (χ1v) is 9.43. The molecule has 0 spiro atoms. The van der Waals surface area contributed by atoms with Crippen LogP contribution in [0, 0.1) is 0 Å². The first-order valence-electron chi connectivity index (χ1n) is 6.38. The molecule has 1 aromatic rings. The predicted molar refractivity (Wildman–Crippen MR) is 83.4 cm³/mol. The van der Waals surface area contributed by atoms with Gasteiger partial charge in [0.1, 0.15) is 9.84 Å². The molecular weight excluding hydrogens is 298 g/mol. The molecule has 0 unspecified atom stereocenters. The van der Waals surface area contributed by atoms with Crippen molar-refractivity contribution in [2.45, 2.75) is 19.0 Å². The van der Waals surface area contributed by atoms with Gasteiger partial charge in [-0.05, 0) is 13.8 Å². The van der Waals surface area contributed by atoms with Crippen LogP contribution in [0.15, 0.2) is 5.16 Å². The average molecular weight is 319 g/mol. The van der Waals surface area contributed by atoms with Gasteiger partial charge >= 0.3 is 0 Å². The number of nitrogens with one attached hydrogen (secondary N) is 1. The fourth-order valence-electron chi connectivity index (χ4n) is 1.45. The largest absolute Gasteiger partial charge is 0.357 e. The lowest BCUT2D eigenvalue weighted by Crippen LogP contribution is -2.25. The van der Waals surface area contributed by atoms with E-state index in [2.05, 4.69) is 20.3 Å². The van der Waals surface area contributed by atoms with E-state index in [1.807, 2.05) is 18.7 Å². The molecule has 0 bridgehead atoms. The van der Waals surface area contributed by atoms with E-state index in [1.165, 1.54) is 18.0 Å². The van der Waals surface area contributed by atoms with Gasteiger partial charge in [-0.3, -0.25) is 0 Å². The van der Waals surface area contributed by atoms with Crippen molar-refractivity contribution < 1.29 is 8.42 Å². The van der Waals surface area contributed by atoms with E-state index >= 15 is 0 Å². The Morgan fingerprint density at radius 2 is 1.85 bits per heavy atom. The summed E-state index contributed by atoms with van der Waals surface area (Å²) in [7, 11) is -1.22. The maximum Gasteiger partial charge on any atom is 0.231 e. The van der Waals surface area contributed by atoms with Gasteiger partial charge in [-0.1, -0.05) is 11.8 Å². The van der Waals surface area contributed by atoms with Crippen LogP contribution < -0.4 is 10.2 Å². The molecule has 1 aromatic heterocycles. The quantitative estimate of drug-likeness (QED) is 0.707. The monoisotopic (exact) mass is 319 g/mol. The van der Waals surface area contributed by atoms with Gasteiger partial charge in [-0.25, -0.2) is 8.42 Å². The van der Waals surface area contributed by atoms with Crippen molar-refractivity contribution in [1.29, 1.82) is 0 Å². The van der Waals surface area contributed by atoms with Crippen molar-refractivity contribution in [3.63, 3.8) is 0 Å². The van der Waals surface area contributed by atoms with Crippen LogP contribution in [-0.4, -0.2) is 61.3 Å². The Bertz CT molecular complexity index is 532. The highest BCUT2D eigenvalue weighted by atomic mass is 32.2. The second-order valence-corrected chi connectivity index (χ2v) is 7.46. The van der Waals surface area contributed by atoms with Crippen LogP contribution in [0.2, 0.25) is 0 Å². The van der Waals surface area contributed by atoms with Gasteiger partial charge in [-0.15, -0.1) is 0 Å². The van der Waals surface area contributed by atoms with Crippen LogP contribution in [0.5, 0.6) is 0 Å². The summed E-state index contributed by atoms with van der Waals surface area (Å²) in [6, 6.07) is 0. The molecule has 7 nitrogen and oxygen atoms in total. The predicted octanol–water partition coefficient (Wildman–Crippen LogP) is 0.896. The number of hydrogen-bond donors (Lipinski definition) is 1. The van der Waals surface area contributed by atoms with E-state index in [9.17, 15) is 8.42 Å². The third-order valence-electron chi connectivity index (χ3n) is 2.56. The lowest BCUT2D eigenvalue weighted by atomic mass is 10.5. The molecule has 9 heteroatoms. The molecule has 0 saturated heterocycles. The summed E-state index contributed by atoms with van der Waals surface area (Å²) in [4.78, 5) is 14.9. The lowest BCUT2D eigenvalue weighted by molar-refractivity contribution is 0.603. The molecule has 1 rings (SSSR count). The summed E-state index contributed by atoms with van der Waals surface area (Å²) < 4.78 is 22.3. The smallest absolute Gasteiger partial charge is 0.231 e. The highest BCUT2D eigenvalue weighted by Gasteiger charge is 2.11. The average Bonchev–Trinajstić information content (AvgIpc) is 2.38.